The van der Waals surface area contributed by atoms with E-state index in [1.54, 1.807) is 11.8 Å². The van der Waals surface area contributed by atoms with Gasteiger partial charge in [-0.3, -0.25) is 4.79 Å². The number of carbonyl (C=O) groups excluding carboxylic acids is 1. The van der Waals surface area contributed by atoms with Crippen LogP contribution in [0, 0.1) is 5.41 Å². The number of nitrogens with one attached hydrogen (secondary N) is 1. The second kappa shape index (κ2) is 7.99. The molecule has 0 fully saturated rings. The largest absolute Gasteiger partial charge is 0.394 e. The van der Waals surface area contributed by atoms with Crippen LogP contribution in [-0.4, -0.2) is 58.1 Å². The molecule has 0 atom stereocenters. The molecule has 0 aliphatic carbocycles. The molecule has 0 aliphatic rings. The fourth-order valence-electron chi connectivity index (χ4n) is 1.17. The summed E-state index contributed by atoms with van der Waals surface area (Å²) in [6.45, 7) is 4.94. The highest BCUT2D eigenvalue weighted by molar-refractivity contribution is 7.99. The van der Waals surface area contributed by atoms with Crippen LogP contribution in [0.5, 0.6) is 0 Å². The first-order valence-corrected chi connectivity index (χ1v) is 7.15. The Kier molecular flexibility index (Phi) is 7.86. The summed E-state index contributed by atoms with van der Waals surface area (Å²) >= 11 is 1.69. The van der Waals surface area contributed by atoms with Crippen molar-refractivity contribution in [3.05, 3.63) is 0 Å². The molecule has 108 valence electrons. The van der Waals surface area contributed by atoms with Gasteiger partial charge in [0.2, 0.25) is 5.91 Å². The van der Waals surface area contributed by atoms with Gasteiger partial charge in [0.25, 0.3) is 0 Å². The van der Waals surface area contributed by atoms with Gasteiger partial charge in [0, 0.05) is 12.2 Å². The van der Waals surface area contributed by atoms with Crippen LogP contribution in [0.15, 0.2) is 0 Å². The lowest BCUT2D eigenvalue weighted by molar-refractivity contribution is -0.124. The summed E-state index contributed by atoms with van der Waals surface area (Å²) in [5.41, 5.74) is -1.09. The number of rotatable bonds is 8. The van der Waals surface area contributed by atoms with Gasteiger partial charge < -0.3 is 20.6 Å². The number of hydrogen-bond acceptors (Lipinski definition) is 5. The third kappa shape index (κ3) is 7.20. The third-order valence-corrected chi connectivity index (χ3v) is 3.88. The van der Waals surface area contributed by atoms with E-state index in [4.69, 9.17) is 15.3 Å². The van der Waals surface area contributed by atoms with Crippen molar-refractivity contribution in [2.75, 3.05) is 31.3 Å². The van der Waals surface area contributed by atoms with Gasteiger partial charge in [-0.05, 0) is 11.2 Å². The van der Waals surface area contributed by atoms with E-state index in [9.17, 15) is 4.79 Å². The van der Waals surface area contributed by atoms with Gasteiger partial charge in [0.05, 0.1) is 19.8 Å². The lowest BCUT2D eigenvalue weighted by atomic mass is 10.0. The van der Waals surface area contributed by atoms with E-state index >= 15 is 0 Å². The minimum absolute atomic E-state index is 0.228. The van der Waals surface area contributed by atoms with Crippen LogP contribution in [0.4, 0.5) is 0 Å². The average Bonchev–Trinajstić information content (AvgIpc) is 2.31. The van der Waals surface area contributed by atoms with Crippen molar-refractivity contribution in [2.24, 2.45) is 5.41 Å². The normalized spacial score (nSPS) is 12.6. The molecule has 0 aliphatic heterocycles. The maximum absolute atomic E-state index is 11.6. The Morgan fingerprint density at radius 1 is 1.11 bits per heavy atom. The zero-order chi connectivity index (χ0) is 14.2. The van der Waals surface area contributed by atoms with Crippen LogP contribution in [0.3, 0.4) is 0 Å². The first kappa shape index (κ1) is 17.7. The smallest absolute Gasteiger partial charge is 0.221 e. The van der Waals surface area contributed by atoms with E-state index in [0.29, 0.717) is 12.2 Å². The molecule has 0 aromatic heterocycles. The molecule has 0 unspecified atom stereocenters. The van der Waals surface area contributed by atoms with Gasteiger partial charge in [-0.1, -0.05) is 20.8 Å². The number of aliphatic hydroxyl groups is 3. The summed E-state index contributed by atoms with van der Waals surface area (Å²) < 4.78 is 0. The van der Waals surface area contributed by atoms with Gasteiger partial charge in [-0.2, -0.15) is 11.8 Å². The Labute approximate surface area is 113 Å². The predicted octanol–water partition coefficient (Wildman–Crippen LogP) is -0.0123. The first-order valence-electron chi connectivity index (χ1n) is 6.00. The Balaban J connectivity index is 3.97. The number of aliphatic hydroxyl groups excluding tert-OH is 3. The number of amides is 1. The van der Waals surface area contributed by atoms with Gasteiger partial charge in [-0.15, -0.1) is 0 Å². The molecule has 0 rings (SSSR count). The molecule has 0 spiro atoms. The zero-order valence-electron chi connectivity index (χ0n) is 11.4. The fourth-order valence-corrected chi connectivity index (χ4v) is 2.26. The second-order valence-corrected chi connectivity index (χ2v) is 6.77. The van der Waals surface area contributed by atoms with Gasteiger partial charge in [-0.25, -0.2) is 0 Å². The highest BCUT2D eigenvalue weighted by atomic mass is 32.2. The molecule has 0 bridgehead atoms. The van der Waals surface area contributed by atoms with E-state index in [-0.39, 0.29) is 11.3 Å². The third-order valence-electron chi connectivity index (χ3n) is 2.32. The van der Waals surface area contributed by atoms with Crippen LogP contribution in [0.25, 0.3) is 0 Å². The van der Waals surface area contributed by atoms with Crippen molar-refractivity contribution in [1.82, 2.24) is 5.32 Å². The fraction of sp³-hybridized carbons (Fsp3) is 0.917. The molecule has 4 N–H and O–H groups in total. The van der Waals surface area contributed by atoms with Gasteiger partial charge in [0.1, 0.15) is 5.54 Å². The summed E-state index contributed by atoms with van der Waals surface area (Å²) in [6.07, 6.45) is 0.308. The van der Waals surface area contributed by atoms with Crippen molar-refractivity contribution in [3.63, 3.8) is 0 Å². The lowest BCUT2D eigenvalue weighted by Crippen LogP contribution is -2.57. The molecule has 0 aromatic carbocycles. The monoisotopic (exact) mass is 279 g/mol. The van der Waals surface area contributed by atoms with E-state index in [1.807, 2.05) is 0 Å². The van der Waals surface area contributed by atoms with Crippen LogP contribution in [-0.2, 0) is 4.79 Å². The number of carbonyl (C=O) groups is 1. The van der Waals surface area contributed by atoms with Crippen LogP contribution >= 0.6 is 11.8 Å². The molecule has 5 nitrogen and oxygen atoms in total. The Morgan fingerprint density at radius 2 is 1.61 bits per heavy atom. The quantitative estimate of drug-likeness (QED) is 0.469. The Bertz CT molecular complexity index is 241. The van der Waals surface area contributed by atoms with Crippen LogP contribution < -0.4 is 5.32 Å². The molecule has 0 saturated carbocycles. The summed E-state index contributed by atoms with van der Waals surface area (Å²) in [6, 6.07) is 0. The number of hydrogen-bond donors (Lipinski definition) is 4. The average molecular weight is 279 g/mol. The predicted molar refractivity (Wildman–Crippen MR) is 73.5 cm³/mol. The molecule has 6 heteroatoms. The van der Waals surface area contributed by atoms with Crippen molar-refractivity contribution < 1.29 is 20.1 Å². The van der Waals surface area contributed by atoms with Crippen molar-refractivity contribution >= 4 is 17.7 Å². The van der Waals surface area contributed by atoms with Crippen LogP contribution in [0.2, 0.25) is 0 Å². The summed E-state index contributed by atoms with van der Waals surface area (Å²) in [4.78, 5) is 11.6. The van der Waals surface area contributed by atoms with Crippen molar-refractivity contribution in [2.45, 2.75) is 32.7 Å². The van der Waals surface area contributed by atoms with E-state index in [1.165, 1.54) is 0 Å². The molecule has 1 amide bonds. The van der Waals surface area contributed by atoms with Crippen LogP contribution in [0.1, 0.15) is 27.2 Å². The summed E-state index contributed by atoms with van der Waals surface area (Å²) in [5, 5.41) is 29.7. The molecule has 18 heavy (non-hydrogen) atoms. The molecular formula is C12H25NO4S. The number of thioether (sulfide) groups is 1. The van der Waals surface area contributed by atoms with E-state index in [2.05, 4.69) is 26.1 Å². The first-order chi connectivity index (χ1) is 8.28. The van der Waals surface area contributed by atoms with E-state index < -0.39 is 25.4 Å². The van der Waals surface area contributed by atoms with E-state index in [0.717, 1.165) is 5.75 Å². The van der Waals surface area contributed by atoms with Gasteiger partial charge >= 0.3 is 0 Å². The second-order valence-electron chi connectivity index (χ2n) is 5.67. The highest BCUT2D eigenvalue weighted by Crippen LogP contribution is 2.20. The Hall–Kier alpha value is -0.300. The minimum Gasteiger partial charge on any atom is -0.394 e. The maximum Gasteiger partial charge on any atom is 0.221 e. The molecular weight excluding hydrogens is 254 g/mol. The topological polar surface area (TPSA) is 89.8 Å². The zero-order valence-corrected chi connectivity index (χ0v) is 12.2. The molecule has 0 radical (unpaired) electrons. The molecule has 0 heterocycles. The van der Waals surface area contributed by atoms with Gasteiger partial charge in [0.15, 0.2) is 0 Å². The highest BCUT2D eigenvalue weighted by Gasteiger charge is 2.29. The minimum atomic E-state index is -1.31. The van der Waals surface area contributed by atoms with Crippen molar-refractivity contribution in [1.29, 1.82) is 0 Å². The molecule has 0 saturated heterocycles. The Morgan fingerprint density at radius 3 is 2.00 bits per heavy atom. The lowest BCUT2D eigenvalue weighted by Gasteiger charge is -2.28. The summed E-state index contributed by atoms with van der Waals surface area (Å²) in [7, 11) is 0. The standard InChI is InChI=1S/C12H25NO4S/c1-11(2,3)9-18-5-4-10(17)13-12(6-14,7-15)8-16/h14-16H,4-9H2,1-3H3,(H,13,17). The van der Waals surface area contributed by atoms with Crippen molar-refractivity contribution in [3.8, 4) is 0 Å². The maximum atomic E-state index is 11.6. The molecule has 0 aromatic rings. The summed E-state index contributed by atoms with van der Waals surface area (Å²) in [5.74, 6) is 1.38. The SMILES string of the molecule is CC(C)(C)CSCCC(=O)NC(CO)(CO)CO.